The molecule has 1 amide bonds. The minimum Gasteiger partial charge on any atom is -0.444 e. The number of amides is 1. The summed E-state index contributed by atoms with van der Waals surface area (Å²) < 4.78 is 7.36. The molecular weight excluding hydrogens is 388 g/mol. The number of ether oxygens (including phenoxy) is 1. The Kier molecular flexibility index (Phi) is 4.64. The van der Waals surface area contributed by atoms with Crippen molar-refractivity contribution in [2.75, 3.05) is 18.4 Å². The number of carbonyl (C=O) groups is 1. The number of anilines is 1. The Morgan fingerprint density at radius 1 is 1.35 bits per heavy atom. The standard InChI is InChI=1S/C14H18Br2N2O2/c1-14(2,3)20-13(19)18-7-10(8-18)17-12-6-9(15)4-5-11(12)16/h4-6,10,17H,7-8H2,1-3H3. The van der Waals surface area contributed by atoms with Gasteiger partial charge in [-0.25, -0.2) is 4.79 Å². The first-order chi connectivity index (χ1) is 9.24. The third-order valence-electron chi connectivity index (χ3n) is 2.82. The van der Waals surface area contributed by atoms with Gasteiger partial charge in [0.15, 0.2) is 0 Å². The van der Waals surface area contributed by atoms with Crippen LogP contribution < -0.4 is 5.32 Å². The Morgan fingerprint density at radius 2 is 2.00 bits per heavy atom. The number of hydrogen-bond acceptors (Lipinski definition) is 3. The molecule has 1 heterocycles. The largest absolute Gasteiger partial charge is 0.444 e. The van der Waals surface area contributed by atoms with Crippen molar-refractivity contribution >= 4 is 43.6 Å². The lowest BCUT2D eigenvalue weighted by atomic mass is 10.1. The second kappa shape index (κ2) is 5.93. The van der Waals surface area contributed by atoms with E-state index in [1.165, 1.54) is 0 Å². The molecule has 110 valence electrons. The van der Waals surface area contributed by atoms with Gasteiger partial charge in [-0.2, -0.15) is 0 Å². The van der Waals surface area contributed by atoms with Gasteiger partial charge in [0.05, 0.1) is 6.04 Å². The third kappa shape index (κ3) is 4.12. The van der Waals surface area contributed by atoms with Crippen molar-refractivity contribution in [2.45, 2.75) is 32.4 Å². The third-order valence-corrected chi connectivity index (χ3v) is 4.01. The summed E-state index contributed by atoms with van der Waals surface area (Å²) in [5.74, 6) is 0. The van der Waals surface area contributed by atoms with Crippen LogP contribution in [0.2, 0.25) is 0 Å². The second-order valence-corrected chi connectivity index (χ2v) is 7.62. The Balaban J connectivity index is 1.85. The van der Waals surface area contributed by atoms with Crippen LogP contribution in [0.15, 0.2) is 27.1 Å². The van der Waals surface area contributed by atoms with E-state index < -0.39 is 5.60 Å². The molecule has 0 aromatic heterocycles. The maximum Gasteiger partial charge on any atom is 0.410 e. The normalized spacial score (nSPS) is 15.8. The molecular formula is C14H18Br2N2O2. The molecule has 1 saturated heterocycles. The molecule has 1 aromatic carbocycles. The van der Waals surface area contributed by atoms with Gasteiger partial charge < -0.3 is 15.0 Å². The van der Waals surface area contributed by atoms with E-state index in [0.29, 0.717) is 13.1 Å². The molecule has 0 bridgehead atoms. The molecule has 0 spiro atoms. The van der Waals surface area contributed by atoms with Gasteiger partial charge >= 0.3 is 6.09 Å². The van der Waals surface area contributed by atoms with E-state index in [4.69, 9.17) is 4.74 Å². The highest BCUT2D eigenvalue weighted by Gasteiger charge is 2.33. The van der Waals surface area contributed by atoms with Gasteiger partial charge in [-0.1, -0.05) is 15.9 Å². The summed E-state index contributed by atoms with van der Waals surface area (Å²) >= 11 is 6.96. The molecule has 0 unspecified atom stereocenters. The summed E-state index contributed by atoms with van der Waals surface area (Å²) in [6.07, 6.45) is -0.246. The van der Waals surface area contributed by atoms with Crippen molar-refractivity contribution in [3.05, 3.63) is 27.1 Å². The molecule has 0 saturated carbocycles. The predicted molar refractivity (Wildman–Crippen MR) is 87.1 cm³/mol. The molecule has 0 aliphatic carbocycles. The SMILES string of the molecule is CC(C)(C)OC(=O)N1CC(Nc2cc(Br)ccc2Br)C1. The van der Waals surface area contributed by atoms with Gasteiger partial charge in [0.2, 0.25) is 0 Å². The Bertz CT molecular complexity index is 508. The molecule has 1 fully saturated rings. The number of rotatable bonds is 2. The summed E-state index contributed by atoms with van der Waals surface area (Å²) in [7, 11) is 0. The lowest BCUT2D eigenvalue weighted by molar-refractivity contribution is 0.0105. The number of carbonyl (C=O) groups excluding carboxylic acids is 1. The van der Waals surface area contributed by atoms with Gasteiger partial charge in [-0.3, -0.25) is 0 Å². The molecule has 1 aromatic rings. The summed E-state index contributed by atoms with van der Waals surface area (Å²) in [6, 6.07) is 6.23. The van der Waals surface area contributed by atoms with Crippen LogP contribution in [0.25, 0.3) is 0 Å². The quantitative estimate of drug-likeness (QED) is 0.799. The van der Waals surface area contributed by atoms with E-state index in [-0.39, 0.29) is 12.1 Å². The van der Waals surface area contributed by atoms with Gasteiger partial charge in [-0.15, -0.1) is 0 Å². The van der Waals surface area contributed by atoms with E-state index in [2.05, 4.69) is 37.2 Å². The first-order valence-electron chi connectivity index (χ1n) is 6.44. The van der Waals surface area contributed by atoms with Gasteiger partial charge in [0, 0.05) is 27.7 Å². The van der Waals surface area contributed by atoms with Crippen LogP contribution in [0.3, 0.4) is 0 Å². The maximum atomic E-state index is 11.8. The summed E-state index contributed by atoms with van der Waals surface area (Å²) in [4.78, 5) is 13.5. The predicted octanol–water partition coefficient (Wildman–Crippen LogP) is 4.24. The van der Waals surface area contributed by atoms with E-state index in [1.54, 1.807) is 4.90 Å². The topological polar surface area (TPSA) is 41.6 Å². The van der Waals surface area contributed by atoms with Crippen LogP contribution in [0, 0.1) is 0 Å². The van der Waals surface area contributed by atoms with Crippen LogP contribution in [-0.4, -0.2) is 35.7 Å². The number of nitrogens with zero attached hydrogens (tertiary/aromatic N) is 1. The fourth-order valence-electron chi connectivity index (χ4n) is 1.87. The molecule has 2 rings (SSSR count). The number of hydrogen-bond donors (Lipinski definition) is 1. The van der Waals surface area contributed by atoms with Crippen LogP contribution in [0.5, 0.6) is 0 Å². The Hall–Kier alpha value is -0.750. The molecule has 0 atom stereocenters. The van der Waals surface area contributed by atoms with Crippen LogP contribution in [-0.2, 0) is 4.74 Å². The van der Waals surface area contributed by atoms with Crippen molar-refractivity contribution in [3.63, 3.8) is 0 Å². The monoisotopic (exact) mass is 404 g/mol. The van der Waals surface area contributed by atoms with E-state index in [1.807, 2.05) is 39.0 Å². The van der Waals surface area contributed by atoms with E-state index >= 15 is 0 Å². The zero-order valence-electron chi connectivity index (χ0n) is 11.7. The first kappa shape index (κ1) is 15.6. The fourth-order valence-corrected chi connectivity index (χ4v) is 2.60. The second-order valence-electron chi connectivity index (χ2n) is 5.85. The van der Waals surface area contributed by atoms with Crippen molar-refractivity contribution < 1.29 is 9.53 Å². The van der Waals surface area contributed by atoms with Gasteiger partial charge in [0.1, 0.15) is 5.60 Å². The van der Waals surface area contributed by atoms with Crippen molar-refractivity contribution in [2.24, 2.45) is 0 Å². The lowest BCUT2D eigenvalue weighted by Crippen LogP contribution is -2.57. The minimum absolute atomic E-state index is 0.246. The number of halogens is 2. The van der Waals surface area contributed by atoms with E-state index in [9.17, 15) is 4.79 Å². The number of likely N-dealkylation sites (tertiary alicyclic amines) is 1. The first-order valence-corrected chi connectivity index (χ1v) is 8.03. The summed E-state index contributed by atoms with van der Waals surface area (Å²) in [5.41, 5.74) is 0.580. The molecule has 20 heavy (non-hydrogen) atoms. The van der Waals surface area contributed by atoms with Gasteiger partial charge in [-0.05, 0) is 54.9 Å². The molecule has 0 radical (unpaired) electrons. The van der Waals surface area contributed by atoms with Crippen LogP contribution in [0.1, 0.15) is 20.8 Å². The summed E-state index contributed by atoms with van der Waals surface area (Å²) in [6.45, 7) is 6.94. The molecule has 1 aliphatic rings. The van der Waals surface area contributed by atoms with Crippen molar-refractivity contribution in [3.8, 4) is 0 Å². The average Bonchev–Trinajstić information content (AvgIpc) is 2.24. The number of benzene rings is 1. The zero-order chi connectivity index (χ0) is 14.9. The molecule has 6 heteroatoms. The highest BCUT2D eigenvalue weighted by atomic mass is 79.9. The highest BCUT2D eigenvalue weighted by Crippen LogP contribution is 2.28. The van der Waals surface area contributed by atoms with Crippen LogP contribution in [0.4, 0.5) is 10.5 Å². The maximum absolute atomic E-state index is 11.8. The summed E-state index contributed by atoms with van der Waals surface area (Å²) in [5, 5.41) is 3.41. The Morgan fingerprint density at radius 3 is 2.60 bits per heavy atom. The zero-order valence-corrected chi connectivity index (χ0v) is 14.9. The lowest BCUT2D eigenvalue weighted by Gasteiger charge is -2.40. The average molecular weight is 406 g/mol. The molecule has 1 aliphatic heterocycles. The van der Waals surface area contributed by atoms with Crippen molar-refractivity contribution in [1.29, 1.82) is 0 Å². The fraction of sp³-hybridized carbons (Fsp3) is 0.500. The molecule has 4 nitrogen and oxygen atoms in total. The van der Waals surface area contributed by atoms with E-state index in [0.717, 1.165) is 14.6 Å². The molecule has 1 N–H and O–H groups in total. The number of nitrogens with one attached hydrogen (secondary N) is 1. The van der Waals surface area contributed by atoms with Gasteiger partial charge in [0.25, 0.3) is 0 Å². The highest BCUT2D eigenvalue weighted by molar-refractivity contribution is 9.11. The van der Waals surface area contributed by atoms with Crippen LogP contribution >= 0.6 is 31.9 Å². The smallest absolute Gasteiger partial charge is 0.410 e. The Labute approximate surface area is 136 Å². The minimum atomic E-state index is -0.442. The van der Waals surface area contributed by atoms with Crippen molar-refractivity contribution in [1.82, 2.24) is 4.90 Å².